The number of halogens is 1. The van der Waals surface area contributed by atoms with Gasteiger partial charge in [0.1, 0.15) is 5.67 Å². The van der Waals surface area contributed by atoms with Crippen LogP contribution >= 0.6 is 0 Å². The van der Waals surface area contributed by atoms with Crippen LogP contribution in [0.25, 0.3) is 0 Å². The molecule has 1 heterocycles. The van der Waals surface area contributed by atoms with Crippen molar-refractivity contribution in [2.45, 2.75) is 25.1 Å². The third-order valence-corrected chi connectivity index (χ3v) is 1.80. The SMILES string of the molecule is COC[C@@H]1CC(C)(F)CN1. The Morgan fingerprint density at radius 3 is 2.90 bits per heavy atom. The van der Waals surface area contributed by atoms with Gasteiger partial charge in [0.25, 0.3) is 0 Å². The normalized spacial score (nSPS) is 40.5. The van der Waals surface area contributed by atoms with Crippen LogP contribution in [0.4, 0.5) is 4.39 Å². The molecule has 2 nitrogen and oxygen atoms in total. The first-order valence-electron chi connectivity index (χ1n) is 3.55. The average Bonchev–Trinajstić information content (AvgIpc) is 2.12. The molecule has 0 aromatic heterocycles. The number of methoxy groups -OCH3 is 1. The standard InChI is InChI=1S/C7H14FNO/c1-7(8)3-6(4-10-2)9-5-7/h6,9H,3-5H2,1-2H3/t6-,7?/m0/s1. The second kappa shape index (κ2) is 2.84. The molecule has 0 radical (unpaired) electrons. The highest BCUT2D eigenvalue weighted by atomic mass is 19.1. The number of alkyl halides is 1. The third-order valence-electron chi connectivity index (χ3n) is 1.80. The van der Waals surface area contributed by atoms with Crippen molar-refractivity contribution in [3.8, 4) is 0 Å². The Balaban J connectivity index is 2.29. The summed E-state index contributed by atoms with van der Waals surface area (Å²) in [5.74, 6) is 0. The minimum Gasteiger partial charge on any atom is -0.383 e. The molecule has 1 unspecified atom stereocenters. The number of ether oxygens (including phenoxy) is 1. The van der Waals surface area contributed by atoms with Crippen LogP contribution in [0.3, 0.4) is 0 Å². The molecule has 0 aromatic carbocycles. The van der Waals surface area contributed by atoms with Gasteiger partial charge in [0.2, 0.25) is 0 Å². The molecule has 0 bridgehead atoms. The highest BCUT2D eigenvalue weighted by Crippen LogP contribution is 2.22. The molecule has 0 aromatic rings. The van der Waals surface area contributed by atoms with Gasteiger partial charge in [0.15, 0.2) is 0 Å². The van der Waals surface area contributed by atoms with E-state index in [-0.39, 0.29) is 6.04 Å². The average molecular weight is 147 g/mol. The van der Waals surface area contributed by atoms with Crippen molar-refractivity contribution in [1.82, 2.24) is 5.32 Å². The summed E-state index contributed by atoms with van der Waals surface area (Å²) >= 11 is 0. The first kappa shape index (κ1) is 7.95. The van der Waals surface area contributed by atoms with Crippen LogP contribution in [0.5, 0.6) is 0 Å². The van der Waals surface area contributed by atoms with Gasteiger partial charge in [-0.3, -0.25) is 0 Å². The van der Waals surface area contributed by atoms with Crippen molar-refractivity contribution in [2.24, 2.45) is 0 Å². The van der Waals surface area contributed by atoms with Crippen molar-refractivity contribution in [1.29, 1.82) is 0 Å². The lowest BCUT2D eigenvalue weighted by atomic mass is 10.1. The summed E-state index contributed by atoms with van der Waals surface area (Å²) in [7, 11) is 1.63. The van der Waals surface area contributed by atoms with E-state index in [1.165, 1.54) is 0 Å². The van der Waals surface area contributed by atoms with E-state index in [4.69, 9.17) is 4.74 Å². The van der Waals surface area contributed by atoms with E-state index >= 15 is 0 Å². The van der Waals surface area contributed by atoms with Gasteiger partial charge in [0, 0.05) is 19.7 Å². The molecular weight excluding hydrogens is 133 g/mol. The molecule has 0 saturated carbocycles. The summed E-state index contributed by atoms with van der Waals surface area (Å²) in [6, 6.07) is 0.208. The van der Waals surface area contributed by atoms with Gasteiger partial charge >= 0.3 is 0 Å². The Morgan fingerprint density at radius 1 is 1.80 bits per heavy atom. The van der Waals surface area contributed by atoms with Crippen LogP contribution < -0.4 is 5.32 Å². The maximum Gasteiger partial charge on any atom is 0.122 e. The molecule has 1 rings (SSSR count). The molecule has 1 saturated heterocycles. The van der Waals surface area contributed by atoms with Crippen LogP contribution in [0.1, 0.15) is 13.3 Å². The largest absolute Gasteiger partial charge is 0.383 e. The van der Waals surface area contributed by atoms with Crippen molar-refractivity contribution in [2.75, 3.05) is 20.3 Å². The zero-order chi connectivity index (χ0) is 7.61. The number of nitrogens with one attached hydrogen (secondary N) is 1. The van der Waals surface area contributed by atoms with Crippen molar-refractivity contribution in [3.63, 3.8) is 0 Å². The van der Waals surface area contributed by atoms with Crippen LogP contribution in [0.2, 0.25) is 0 Å². The van der Waals surface area contributed by atoms with Crippen molar-refractivity contribution < 1.29 is 9.13 Å². The van der Waals surface area contributed by atoms with Crippen LogP contribution in [0, 0.1) is 0 Å². The molecule has 0 amide bonds. The molecule has 2 atom stereocenters. The van der Waals surface area contributed by atoms with Crippen molar-refractivity contribution >= 4 is 0 Å². The number of hydrogen-bond acceptors (Lipinski definition) is 2. The summed E-state index contributed by atoms with van der Waals surface area (Å²) in [6.07, 6.45) is 0.570. The monoisotopic (exact) mass is 147 g/mol. The van der Waals surface area contributed by atoms with Gasteiger partial charge < -0.3 is 10.1 Å². The highest BCUT2D eigenvalue weighted by Gasteiger charge is 2.34. The minimum absolute atomic E-state index is 0.208. The second-order valence-corrected chi connectivity index (χ2v) is 3.15. The molecule has 60 valence electrons. The van der Waals surface area contributed by atoms with Crippen LogP contribution in [-0.2, 0) is 4.74 Å². The summed E-state index contributed by atoms with van der Waals surface area (Å²) in [5, 5.41) is 3.05. The molecule has 1 fully saturated rings. The first-order valence-corrected chi connectivity index (χ1v) is 3.55. The van der Waals surface area contributed by atoms with Gasteiger partial charge in [-0.15, -0.1) is 0 Å². The summed E-state index contributed by atoms with van der Waals surface area (Å²) in [6.45, 7) is 2.69. The van der Waals surface area contributed by atoms with Gasteiger partial charge in [-0.25, -0.2) is 4.39 Å². The zero-order valence-corrected chi connectivity index (χ0v) is 6.48. The molecule has 3 heteroatoms. The van der Waals surface area contributed by atoms with E-state index in [0.717, 1.165) is 0 Å². The second-order valence-electron chi connectivity index (χ2n) is 3.15. The lowest BCUT2D eigenvalue weighted by Gasteiger charge is -2.10. The fourth-order valence-electron chi connectivity index (χ4n) is 1.33. The fourth-order valence-corrected chi connectivity index (χ4v) is 1.33. The summed E-state index contributed by atoms with van der Waals surface area (Å²) in [4.78, 5) is 0. The summed E-state index contributed by atoms with van der Waals surface area (Å²) < 4.78 is 18.0. The third kappa shape index (κ3) is 1.92. The molecule has 1 N–H and O–H groups in total. The molecule has 10 heavy (non-hydrogen) atoms. The molecule has 0 aliphatic carbocycles. The minimum atomic E-state index is -1.02. The van der Waals surface area contributed by atoms with Crippen LogP contribution in [0.15, 0.2) is 0 Å². The van der Waals surface area contributed by atoms with Gasteiger partial charge in [-0.2, -0.15) is 0 Å². The van der Waals surface area contributed by atoms with E-state index in [1.807, 2.05) is 0 Å². The van der Waals surface area contributed by atoms with E-state index in [0.29, 0.717) is 19.6 Å². The number of hydrogen-bond donors (Lipinski definition) is 1. The van der Waals surface area contributed by atoms with Crippen molar-refractivity contribution in [3.05, 3.63) is 0 Å². The van der Waals surface area contributed by atoms with E-state index < -0.39 is 5.67 Å². The fraction of sp³-hybridized carbons (Fsp3) is 1.00. The zero-order valence-electron chi connectivity index (χ0n) is 6.48. The topological polar surface area (TPSA) is 21.3 Å². The predicted octanol–water partition coefficient (Wildman–Crippen LogP) is 0.723. The van der Waals surface area contributed by atoms with E-state index in [9.17, 15) is 4.39 Å². The quantitative estimate of drug-likeness (QED) is 0.621. The highest BCUT2D eigenvalue weighted by molar-refractivity contribution is 4.90. The van der Waals surface area contributed by atoms with Gasteiger partial charge in [-0.1, -0.05) is 0 Å². The van der Waals surface area contributed by atoms with Gasteiger partial charge in [0.05, 0.1) is 6.61 Å². The summed E-state index contributed by atoms with van der Waals surface area (Å²) in [5.41, 5.74) is -1.02. The van der Waals surface area contributed by atoms with Gasteiger partial charge in [-0.05, 0) is 13.3 Å². The Hall–Kier alpha value is -0.150. The Bertz CT molecular complexity index is 116. The Morgan fingerprint density at radius 2 is 2.50 bits per heavy atom. The van der Waals surface area contributed by atoms with Crippen LogP contribution in [-0.4, -0.2) is 32.0 Å². The lowest BCUT2D eigenvalue weighted by molar-refractivity contribution is 0.159. The molecule has 0 spiro atoms. The number of rotatable bonds is 2. The maximum absolute atomic E-state index is 13.1. The molecular formula is C7H14FNO. The van der Waals surface area contributed by atoms with E-state index in [2.05, 4.69) is 5.32 Å². The molecule has 1 aliphatic rings. The lowest BCUT2D eigenvalue weighted by Crippen LogP contribution is -2.26. The molecule has 1 aliphatic heterocycles. The predicted molar refractivity (Wildman–Crippen MR) is 37.8 cm³/mol. The smallest absolute Gasteiger partial charge is 0.122 e. The Labute approximate surface area is 60.8 Å². The maximum atomic E-state index is 13.1. The van der Waals surface area contributed by atoms with E-state index in [1.54, 1.807) is 14.0 Å². The first-order chi connectivity index (χ1) is 4.64. The Kier molecular flexibility index (Phi) is 2.26.